The second-order valence-corrected chi connectivity index (χ2v) is 5.70. The maximum Gasteiger partial charge on any atom is 0.260 e. The van der Waals surface area contributed by atoms with Crippen molar-refractivity contribution in [3.05, 3.63) is 29.8 Å². The van der Waals surface area contributed by atoms with Crippen molar-refractivity contribution in [2.45, 2.75) is 19.8 Å². The molecule has 1 fully saturated rings. The monoisotopic (exact) mass is 334 g/mol. The van der Waals surface area contributed by atoms with Gasteiger partial charge in [0.2, 0.25) is 0 Å². The first-order chi connectivity index (χ1) is 11.1. The number of rotatable bonds is 5. The highest BCUT2D eigenvalue weighted by atomic mass is 32.1. The van der Waals surface area contributed by atoms with Crippen molar-refractivity contribution in [2.24, 2.45) is 5.10 Å². The molecule has 1 heterocycles. The van der Waals surface area contributed by atoms with E-state index in [4.69, 9.17) is 17.0 Å². The van der Waals surface area contributed by atoms with Crippen molar-refractivity contribution in [1.29, 1.82) is 0 Å². The van der Waals surface area contributed by atoms with Crippen molar-refractivity contribution in [3.63, 3.8) is 0 Å². The summed E-state index contributed by atoms with van der Waals surface area (Å²) in [5.74, 6) is 0.724. The Morgan fingerprint density at radius 3 is 2.57 bits per heavy atom. The van der Waals surface area contributed by atoms with E-state index in [1.54, 1.807) is 7.05 Å². The van der Waals surface area contributed by atoms with Crippen LogP contribution < -0.4 is 15.5 Å². The van der Waals surface area contributed by atoms with Crippen molar-refractivity contribution >= 4 is 28.9 Å². The minimum Gasteiger partial charge on any atom is -0.484 e. The third kappa shape index (κ3) is 5.21. The van der Waals surface area contributed by atoms with Crippen molar-refractivity contribution < 1.29 is 9.53 Å². The highest BCUT2D eigenvalue weighted by molar-refractivity contribution is 7.80. The van der Waals surface area contributed by atoms with E-state index in [0.29, 0.717) is 10.9 Å². The molecular weight excluding hydrogens is 312 g/mol. The highest BCUT2D eigenvalue weighted by Gasteiger charge is 2.17. The van der Waals surface area contributed by atoms with E-state index in [-0.39, 0.29) is 12.5 Å². The van der Waals surface area contributed by atoms with E-state index in [0.717, 1.165) is 37.2 Å². The number of thiocarbonyl (C=S) groups is 1. The van der Waals surface area contributed by atoms with Crippen LogP contribution in [-0.2, 0) is 4.79 Å². The van der Waals surface area contributed by atoms with E-state index in [1.165, 1.54) is 0 Å². The lowest BCUT2D eigenvalue weighted by atomic mass is 10.1. The fourth-order valence-electron chi connectivity index (χ4n) is 2.25. The summed E-state index contributed by atoms with van der Waals surface area (Å²) in [5.41, 5.74) is 4.50. The Balaban J connectivity index is 1.86. The standard InChI is InChI=1S/C16H22N4O2S/c1-12(18-19-16(23)17-2)13-5-7-14(8-6-13)22-11-15(21)20-9-3-4-10-20/h5-8H,3-4,9-11H2,1-2H3,(H2,17,19,23)/b18-12-. The lowest BCUT2D eigenvalue weighted by molar-refractivity contribution is -0.132. The Bertz CT molecular complexity index is 580. The zero-order valence-electron chi connectivity index (χ0n) is 13.5. The molecule has 1 aliphatic heterocycles. The molecule has 1 aliphatic rings. The van der Waals surface area contributed by atoms with Gasteiger partial charge in [-0.3, -0.25) is 10.2 Å². The zero-order valence-corrected chi connectivity index (χ0v) is 14.3. The topological polar surface area (TPSA) is 66.0 Å². The van der Waals surface area contributed by atoms with Crippen LogP contribution in [0.25, 0.3) is 0 Å². The fraction of sp³-hybridized carbons (Fsp3) is 0.438. The van der Waals surface area contributed by atoms with Gasteiger partial charge < -0.3 is 15.0 Å². The molecule has 124 valence electrons. The van der Waals surface area contributed by atoms with Gasteiger partial charge in [-0.25, -0.2) is 0 Å². The van der Waals surface area contributed by atoms with Crippen molar-refractivity contribution in [2.75, 3.05) is 26.7 Å². The minimum absolute atomic E-state index is 0.0501. The Kier molecular flexibility index (Phi) is 6.34. The van der Waals surface area contributed by atoms with Gasteiger partial charge in [0.1, 0.15) is 5.75 Å². The molecule has 0 radical (unpaired) electrons. The molecule has 1 aromatic carbocycles. The first kappa shape index (κ1) is 17.2. The van der Waals surface area contributed by atoms with Crippen LogP contribution in [0.3, 0.4) is 0 Å². The summed E-state index contributed by atoms with van der Waals surface area (Å²) in [6, 6.07) is 7.47. The van der Waals surface area contributed by atoms with Gasteiger partial charge in [-0.05, 0) is 61.8 Å². The molecular formula is C16H22N4O2S. The van der Waals surface area contributed by atoms with Crippen LogP contribution in [-0.4, -0.2) is 48.4 Å². The summed E-state index contributed by atoms with van der Waals surface area (Å²) in [6.45, 7) is 3.67. The van der Waals surface area contributed by atoms with Gasteiger partial charge in [-0.15, -0.1) is 0 Å². The second kappa shape index (κ2) is 8.47. The summed E-state index contributed by atoms with van der Waals surface area (Å²) in [5, 5.41) is 7.43. The number of hydrogen-bond acceptors (Lipinski definition) is 4. The number of ether oxygens (including phenoxy) is 1. The number of nitrogens with zero attached hydrogens (tertiary/aromatic N) is 2. The molecule has 0 aromatic heterocycles. The third-order valence-corrected chi connectivity index (χ3v) is 3.94. The molecule has 23 heavy (non-hydrogen) atoms. The number of nitrogens with one attached hydrogen (secondary N) is 2. The van der Waals surface area contributed by atoms with Crippen molar-refractivity contribution in [1.82, 2.24) is 15.6 Å². The summed E-state index contributed by atoms with van der Waals surface area (Å²) in [4.78, 5) is 13.8. The Morgan fingerprint density at radius 2 is 1.96 bits per heavy atom. The summed E-state index contributed by atoms with van der Waals surface area (Å²) in [7, 11) is 1.73. The number of hydrazone groups is 1. The van der Waals surface area contributed by atoms with E-state index in [1.807, 2.05) is 36.1 Å². The largest absolute Gasteiger partial charge is 0.484 e. The number of benzene rings is 1. The molecule has 2 rings (SSSR count). The van der Waals surface area contributed by atoms with E-state index >= 15 is 0 Å². The number of likely N-dealkylation sites (tertiary alicyclic amines) is 1. The molecule has 0 atom stereocenters. The lowest BCUT2D eigenvalue weighted by Gasteiger charge is -2.15. The summed E-state index contributed by atoms with van der Waals surface area (Å²) in [6.07, 6.45) is 2.17. The minimum atomic E-state index is 0.0501. The van der Waals surface area contributed by atoms with Crippen LogP contribution in [0.2, 0.25) is 0 Å². The summed E-state index contributed by atoms with van der Waals surface area (Å²) >= 11 is 4.96. The fourth-order valence-corrected chi connectivity index (χ4v) is 2.30. The number of hydrogen-bond donors (Lipinski definition) is 2. The second-order valence-electron chi connectivity index (χ2n) is 5.29. The molecule has 1 aromatic rings. The number of carbonyl (C=O) groups is 1. The van der Waals surface area contributed by atoms with Crippen LogP contribution in [0.5, 0.6) is 5.75 Å². The van der Waals surface area contributed by atoms with Gasteiger partial charge in [-0.1, -0.05) is 0 Å². The smallest absolute Gasteiger partial charge is 0.260 e. The molecule has 2 N–H and O–H groups in total. The normalized spacial score (nSPS) is 14.5. The van der Waals surface area contributed by atoms with Crippen LogP contribution >= 0.6 is 12.2 Å². The van der Waals surface area contributed by atoms with E-state index < -0.39 is 0 Å². The van der Waals surface area contributed by atoms with Gasteiger partial charge in [0, 0.05) is 20.1 Å². The van der Waals surface area contributed by atoms with Gasteiger partial charge in [0.05, 0.1) is 5.71 Å². The Morgan fingerprint density at radius 1 is 1.30 bits per heavy atom. The average molecular weight is 334 g/mol. The molecule has 0 bridgehead atoms. The molecule has 0 saturated carbocycles. The zero-order chi connectivity index (χ0) is 16.7. The quantitative estimate of drug-likeness (QED) is 0.485. The van der Waals surface area contributed by atoms with Gasteiger partial charge in [0.25, 0.3) is 5.91 Å². The van der Waals surface area contributed by atoms with Crippen LogP contribution in [0.1, 0.15) is 25.3 Å². The molecule has 1 amide bonds. The maximum atomic E-state index is 11.9. The number of amides is 1. The van der Waals surface area contributed by atoms with E-state index in [2.05, 4.69) is 15.8 Å². The molecule has 6 nitrogen and oxygen atoms in total. The first-order valence-corrected chi connectivity index (χ1v) is 8.04. The van der Waals surface area contributed by atoms with Gasteiger partial charge in [0.15, 0.2) is 11.7 Å². The Labute approximate surface area is 141 Å². The molecule has 0 spiro atoms. The maximum absolute atomic E-state index is 11.9. The first-order valence-electron chi connectivity index (χ1n) is 7.63. The third-order valence-electron chi connectivity index (χ3n) is 3.65. The SMILES string of the molecule is CNC(=S)N/N=C(/C)c1ccc(OCC(=O)N2CCCC2)cc1. The number of carbonyl (C=O) groups excluding carboxylic acids is 1. The van der Waals surface area contributed by atoms with Crippen LogP contribution in [0.4, 0.5) is 0 Å². The van der Waals surface area contributed by atoms with Gasteiger partial charge >= 0.3 is 0 Å². The molecule has 0 unspecified atom stereocenters. The highest BCUT2D eigenvalue weighted by Crippen LogP contribution is 2.14. The lowest BCUT2D eigenvalue weighted by Crippen LogP contribution is -2.32. The molecule has 0 aliphatic carbocycles. The van der Waals surface area contributed by atoms with Crippen LogP contribution in [0, 0.1) is 0 Å². The predicted octanol–water partition coefficient (Wildman–Crippen LogP) is 1.51. The molecule has 1 saturated heterocycles. The average Bonchev–Trinajstić information content (AvgIpc) is 3.12. The Hall–Kier alpha value is -2.15. The van der Waals surface area contributed by atoms with Gasteiger partial charge in [-0.2, -0.15) is 5.10 Å². The van der Waals surface area contributed by atoms with E-state index in [9.17, 15) is 4.79 Å². The summed E-state index contributed by atoms with van der Waals surface area (Å²) < 4.78 is 5.55. The predicted molar refractivity (Wildman–Crippen MR) is 94.8 cm³/mol. The van der Waals surface area contributed by atoms with Crippen molar-refractivity contribution in [3.8, 4) is 5.75 Å². The van der Waals surface area contributed by atoms with Crippen LogP contribution in [0.15, 0.2) is 29.4 Å². The molecule has 7 heteroatoms.